The van der Waals surface area contributed by atoms with Gasteiger partial charge in [-0.1, -0.05) is 41.4 Å². The molecule has 6 heteroatoms. The smallest absolute Gasteiger partial charge is 0.260 e. The standard InChI is InChI=1S/C18H18Cl2N2O2/c19-14-4-3-5-15(12-14)24-13-18(23)22-10-8-21(9-11-22)17-7-2-1-6-16(17)20/h1-7,12H,8-11,13H2. The van der Waals surface area contributed by atoms with Crippen LogP contribution in [0.15, 0.2) is 48.5 Å². The van der Waals surface area contributed by atoms with E-state index in [1.54, 1.807) is 24.3 Å². The fourth-order valence-corrected chi connectivity index (χ4v) is 3.13. The van der Waals surface area contributed by atoms with Crippen molar-refractivity contribution >= 4 is 34.8 Å². The van der Waals surface area contributed by atoms with Crippen LogP contribution in [0.1, 0.15) is 0 Å². The van der Waals surface area contributed by atoms with E-state index < -0.39 is 0 Å². The van der Waals surface area contributed by atoms with Crippen LogP contribution in [0.4, 0.5) is 5.69 Å². The summed E-state index contributed by atoms with van der Waals surface area (Å²) < 4.78 is 5.52. The molecule has 0 aromatic heterocycles. The maximum atomic E-state index is 12.3. The molecule has 2 aromatic carbocycles. The lowest BCUT2D eigenvalue weighted by Gasteiger charge is -2.36. The summed E-state index contributed by atoms with van der Waals surface area (Å²) in [5.41, 5.74) is 1.02. The van der Waals surface area contributed by atoms with Crippen molar-refractivity contribution in [2.24, 2.45) is 0 Å². The first-order valence-electron chi connectivity index (χ1n) is 7.79. The van der Waals surface area contributed by atoms with E-state index in [0.717, 1.165) is 23.8 Å². The Balaban J connectivity index is 1.51. The van der Waals surface area contributed by atoms with Crippen molar-refractivity contribution in [3.63, 3.8) is 0 Å². The van der Waals surface area contributed by atoms with Crippen LogP contribution in [0.2, 0.25) is 10.0 Å². The van der Waals surface area contributed by atoms with E-state index >= 15 is 0 Å². The Kier molecular flexibility index (Phi) is 5.48. The van der Waals surface area contributed by atoms with Gasteiger partial charge >= 0.3 is 0 Å². The number of carbonyl (C=O) groups is 1. The van der Waals surface area contributed by atoms with Gasteiger partial charge in [0.25, 0.3) is 5.91 Å². The Labute approximate surface area is 151 Å². The number of hydrogen-bond acceptors (Lipinski definition) is 3. The first kappa shape index (κ1) is 16.9. The molecule has 1 fully saturated rings. The highest BCUT2D eigenvalue weighted by atomic mass is 35.5. The SMILES string of the molecule is O=C(COc1cccc(Cl)c1)N1CCN(c2ccccc2Cl)CC1. The molecule has 4 nitrogen and oxygen atoms in total. The van der Waals surface area contributed by atoms with Gasteiger partial charge < -0.3 is 14.5 Å². The molecule has 2 aromatic rings. The monoisotopic (exact) mass is 364 g/mol. The van der Waals surface area contributed by atoms with Gasteiger partial charge in [0, 0.05) is 31.2 Å². The summed E-state index contributed by atoms with van der Waals surface area (Å²) in [4.78, 5) is 16.3. The molecule has 0 aliphatic carbocycles. The molecule has 0 N–H and O–H groups in total. The Hall–Kier alpha value is -1.91. The highest BCUT2D eigenvalue weighted by molar-refractivity contribution is 6.33. The van der Waals surface area contributed by atoms with Gasteiger partial charge in [-0.2, -0.15) is 0 Å². The van der Waals surface area contributed by atoms with Crippen LogP contribution < -0.4 is 9.64 Å². The van der Waals surface area contributed by atoms with Crippen molar-refractivity contribution < 1.29 is 9.53 Å². The highest BCUT2D eigenvalue weighted by Gasteiger charge is 2.22. The molecule has 1 amide bonds. The van der Waals surface area contributed by atoms with Gasteiger partial charge in [-0.15, -0.1) is 0 Å². The van der Waals surface area contributed by atoms with Gasteiger partial charge in [-0.25, -0.2) is 0 Å². The van der Waals surface area contributed by atoms with Gasteiger partial charge in [0.15, 0.2) is 6.61 Å². The number of nitrogens with zero attached hydrogens (tertiary/aromatic N) is 2. The van der Waals surface area contributed by atoms with Gasteiger partial charge in [-0.05, 0) is 30.3 Å². The van der Waals surface area contributed by atoms with Crippen LogP contribution in [-0.4, -0.2) is 43.6 Å². The summed E-state index contributed by atoms with van der Waals surface area (Å²) in [7, 11) is 0. The molecule has 1 saturated heterocycles. The van der Waals surface area contributed by atoms with Crippen LogP contribution in [0.25, 0.3) is 0 Å². The van der Waals surface area contributed by atoms with E-state index in [2.05, 4.69) is 4.90 Å². The van der Waals surface area contributed by atoms with Crippen LogP contribution >= 0.6 is 23.2 Å². The van der Waals surface area contributed by atoms with Gasteiger partial charge in [0.1, 0.15) is 5.75 Å². The number of carbonyl (C=O) groups excluding carboxylic acids is 1. The lowest BCUT2D eigenvalue weighted by atomic mass is 10.2. The van der Waals surface area contributed by atoms with E-state index in [1.807, 2.05) is 29.2 Å². The van der Waals surface area contributed by atoms with Gasteiger partial charge in [-0.3, -0.25) is 4.79 Å². The maximum Gasteiger partial charge on any atom is 0.260 e. The molecule has 3 rings (SSSR count). The predicted octanol–water partition coefficient (Wildman–Crippen LogP) is 3.72. The van der Waals surface area contributed by atoms with Gasteiger partial charge in [0.2, 0.25) is 0 Å². The van der Waals surface area contributed by atoms with E-state index in [1.165, 1.54) is 0 Å². The fraction of sp³-hybridized carbons (Fsp3) is 0.278. The molecule has 0 bridgehead atoms. The second-order valence-corrected chi connectivity index (χ2v) is 6.41. The lowest BCUT2D eigenvalue weighted by molar-refractivity contribution is -0.133. The predicted molar refractivity (Wildman–Crippen MR) is 97.2 cm³/mol. The van der Waals surface area contributed by atoms with Crippen LogP contribution in [0, 0.1) is 0 Å². The number of hydrogen-bond donors (Lipinski definition) is 0. The van der Waals surface area contributed by atoms with Crippen molar-refractivity contribution in [2.45, 2.75) is 0 Å². The van der Waals surface area contributed by atoms with Gasteiger partial charge in [0.05, 0.1) is 10.7 Å². The first-order chi connectivity index (χ1) is 11.6. The minimum Gasteiger partial charge on any atom is -0.484 e. The lowest BCUT2D eigenvalue weighted by Crippen LogP contribution is -2.50. The number of ether oxygens (including phenoxy) is 1. The van der Waals surface area contributed by atoms with Crippen molar-refractivity contribution in [3.05, 3.63) is 58.6 Å². The number of para-hydroxylation sites is 1. The van der Waals surface area contributed by atoms with Crippen LogP contribution in [0.3, 0.4) is 0 Å². The summed E-state index contributed by atoms with van der Waals surface area (Å²) in [6, 6.07) is 14.8. The third-order valence-corrected chi connectivity index (χ3v) is 4.54. The van der Waals surface area contributed by atoms with Crippen LogP contribution in [-0.2, 0) is 4.79 Å². The molecule has 126 valence electrons. The van der Waals surface area contributed by atoms with Crippen molar-refractivity contribution in [1.82, 2.24) is 4.90 Å². The Morgan fingerprint density at radius 3 is 2.46 bits per heavy atom. The molecule has 1 heterocycles. The zero-order valence-corrected chi connectivity index (χ0v) is 14.6. The Bertz CT molecular complexity index is 716. The third kappa shape index (κ3) is 4.13. The second-order valence-electron chi connectivity index (χ2n) is 5.57. The number of halogens is 2. The fourth-order valence-electron chi connectivity index (χ4n) is 2.70. The summed E-state index contributed by atoms with van der Waals surface area (Å²) in [5.74, 6) is 0.583. The van der Waals surface area contributed by atoms with Crippen molar-refractivity contribution in [1.29, 1.82) is 0 Å². The summed E-state index contributed by atoms with van der Waals surface area (Å²) >= 11 is 12.1. The minimum atomic E-state index is -0.0196. The zero-order valence-electron chi connectivity index (χ0n) is 13.1. The average Bonchev–Trinajstić information content (AvgIpc) is 2.60. The molecule has 0 radical (unpaired) electrons. The largest absolute Gasteiger partial charge is 0.484 e. The molecule has 1 aliphatic rings. The number of benzene rings is 2. The molecular weight excluding hydrogens is 347 g/mol. The normalized spacial score (nSPS) is 14.6. The number of rotatable bonds is 4. The maximum absolute atomic E-state index is 12.3. The topological polar surface area (TPSA) is 32.8 Å². The summed E-state index contributed by atoms with van der Waals surface area (Å²) in [5, 5.41) is 1.33. The molecule has 0 unspecified atom stereocenters. The van der Waals surface area contributed by atoms with E-state index in [9.17, 15) is 4.79 Å². The van der Waals surface area contributed by atoms with E-state index in [0.29, 0.717) is 23.9 Å². The summed E-state index contributed by atoms with van der Waals surface area (Å²) in [6.45, 7) is 2.84. The average molecular weight is 365 g/mol. The molecule has 0 saturated carbocycles. The Morgan fingerprint density at radius 1 is 1.00 bits per heavy atom. The number of amides is 1. The summed E-state index contributed by atoms with van der Waals surface area (Å²) in [6.07, 6.45) is 0. The van der Waals surface area contributed by atoms with Crippen molar-refractivity contribution in [3.8, 4) is 5.75 Å². The molecule has 0 atom stereocenters. The second kappa shape index (κ2) is 7.77. The van der Waals surface area contributed by atoms with Crippen molar-refractivity contribution in [2.75, 3.05) is 37.7 Å². The Morgan fingerprint density at radius 2 is 1.75 bits per heavy atom. The molecule has 0 spiro atoms. The minimum absolute atomic E-state index is 0.0196. The first-order valence-corrected chi connectivity index (χ1v) is 8.55. The highest BCUT2D eigenvalue weighted by Crippen LogP contribution is 2.26. The molecular formula is C18H18Cl2N2O2. The zero-order chi connectivity index (χ0) is 16.9. The molecule has 1 aliphatic heterocycles. The quantitative estimate of drug-likeness (QED) is 0.828. The number of anilines is 1. The number of piperazine rings is 1. The van der Waals surface area contributed by atoms with E-state index in [4.69, 9.17) is 27.9 Å². The molecule has 24 heavy (non-hydrogen) atoms. The third-order valence-electron chi connectivity index (χ3n) is 3.98. The van der Waals surface area contributed by atoms with E-state index in [-0.39, 0.29) is 12.5 Å². The van der Waals surface area contributed by atoms with Crippen LogP contribution in [0.5, 0.6) is 5.75 Å².